The third-order valence-corrected chi connectivity index (χ3v) is 4.49. The molecule has 0 amide bonds. The van der Waals surface area contributed by atoms with Crippen LogP contribution in [0.25, 0.3) is 0 Å². The van der Waals surface area contributed by atoms with E-state index >= 15 is 0 Å². The largest absolute Gasteiger partial charge is 0.478 e. The minimum absolute atomic E-state index is 0.0223. The Kier molecular flexibility index (Phi) is 3.65. The smallest absolute Gasteiger partial charge is 0.339 e. The van der Waals surface area contributed by atoms with Gasteiger partial charge < -0.3 is 14.7 Å². The highest BCUT2D eigenvalue weighted by Crippen LogP contribution is 2.51. The number of anilines is 2. The van der Waals surface area contributed by atoms with Crippen LogP contribution in [-0.2, 0) is 0 Å². The number of carboxylic acids is 1. The van der Waals surface area contributed by atoms with Gasteiger partial charge in [-0.25, -0.2) is 4.79 Å². The van der Waals surface area contributed by atoms with Crippen LogP contribution in [0.3, 0.4) is 0 Å². The number of para-hydroxylation sites is 3. The van der Waals surface area contributed by atoms with E-state index in [1.54, 1.807) is 12.1 Å². The molecule has 1 heterocycles. The standard InChI is InChI=1S/C21H17NO3/c1-14(15-8-3-2-4-9-15)22-17-11-5-6-13-19(17)25-20-16(21(23)24)10-7-12-18(20)22/h2-14H,1H3,(H,23,24). The van der Waals surface area contributed by atoms with Gasteiger partial charge in [-0.1, -0.05) is 48.5 Å². The van der Waals surface area contributed by atoms with E-state index in [2.05, 4.69) is 24.0 Å². The molecule has 1 aliphatic rings. The molecule has 1 N–H and O–H groups in total. The number of nitrogens with zero attached hydrogens (tertiary/aromatic N) is 1. The lowest BCUT2D eigenvalue weighted by molar-refractivity contribution is 0.0694. The van der Waals surface area contributed by atoms with Crippen LogP contribution >= 0.6 is 0 Å². The summed E-state index contributed by atoms with van der Waals surface area (Å²) in [6.07, 6.45) is 0. The lowest BCUT2D eigenvalue weighted by Gasteiger charge is -2.37. The van der Waals surface area contributed by atoms with Crippen molar-refractivity contribution in [3.05, 3.63) is 83.9 Å². The third-order valence-electron chi connectivity index (χ3n) is 4.49. The first-order chi connectivity index (χ1) is 12.2. The van der Waals surface area contributed by atoms with Gasteiger partial charge in [0.05, 0.1) is 17.4 Å². The highest BCUT2D eigenvalue weighted by atomic mass is 16.5. The average Bonchev–Trinajstić information content (AvgIpc) is 2.65. The number of carbonyl (C=O) groups is 1. The minimum Gasteiger partial charge on any atom is -0.478 e. The van der Waals surface area contributed by atoms with Crippen molar-refractivity contribution in [3.63, 3.8) is 0 Å². The molecular formula is C21H17NO3. The number of carboxylic acid groups (broad SMARTS) is 1. The summed E-state index contributed by atoms with van der Waals surface area (Å²) in [5.41, 5.74) is 2.99. The molecule has 0 saturated carbocycles. The fourth-order valence-electron chi connectivity index (χ4n) is 3.27. The minimum atomic E-state index is -0.997. The molecule has 0 bridgehead atoms. The van der Waals surface area contributed by atoms with Crippen LogP contribution in [0.5, 0.6) is 11.5 Å². The normalized spacial score (nSPS) is 13.4. The molecule has 124 valence electrons. The Morgan fingerprint density at radius 3 is 2.36 bits per heavy atom. The van der Waals surface area contributed by atoms with Gasteiger partial charge in [0, 0.05) is 0 Å². The maximum Gasteiger partial charge on any atom is 0.339 e. The molecular weight excluding hydrogens is 314 g/mol. The monoisotopic (exact) mass is 331 g/mol. The van der Waals surface area contributed by atoms with E-state index in [0.29, 0.717) is 11.5 Å². The first-order valence-corrected chi connectivity index (χ1v) is 8.14. The molecule has 0 spiro atoms. The fraction of sp³-hybridized carbons (Fsp3) is 0.0952. The van der Waals surface area contributed by atoms with Gasteiger partial charge in [-0.15, -0.1) is 0 Å². The lowest BCUT2D eigenvalue weighted by Crippen LogP contribution is -2.25. The molecule has 0 saturated heterocycles. The molecule has 3 aromatic carbocycles. The molecule has 4 nitrogen and oxygen atoms in total. The predicted molar refractivity (Wildman–Crippen MR) is 96.9 cm³/mol. The zero-order valence-electron chi connectivity index (χ0n) is 13.7. The van der Waals surface area contributed by atoms with Gasteiger partial charge in [-0.05, 0) is 36.8 Å². The van der Waals surface area contributed by atoms with Gasteiger partial charge in [0.15, 0.2) is 11.5 Å². The number of benzene rings is 3. The van der Waals surface area contributed by atoms with E-state index in [1.807, 2.05) is 48.5 Å². The molecule has 1 aliphatic heterocycles. The Labute approximate surface area is 145 Å². The lowest BCUT2D eigenvalue weighted by atomic mass is 10.0. The fourth-order valence-corrected chi connectivity index (χ4v) is 3.27. The van der Waals surface area contributed by atoms with Crippen molar-refractivity contribution in [1.82, 2.24) is 0 Å². The van der Waals surface area contributed by atoms with Crippen LogP contribution in [0, 0.1) is 0 Å². The Morgan fingerprint density at radius 2 is 1.60 bits per heavy atom. The Morgan fingerprint density at radius 1 is 0.920 bits per heavy atom. The van der Waals surface area contributed by atoms with E-state index in [0.717, 1.165) is 16.9 Å². The summed E-state index contributed by atoms with van der Waals surface area (Å²) >= 11 is 0. The van der Waals surface area contributed by atoms with Crippen molar-refractivity contribution in [2.45, 2.75) is 13.0 Å². The van der Waals surface area contributed by atoms with Crippen LogP contribution in [0.1, 0.15) is 28.9 Å². The van der Waals surface area contributed by atoms with E-state index in [-0.39, 0.29) is 11.6 Å². The summed E-state index contributed by atoms with van der Waals surface area (Å²) in [5, 5.41) is 9.53. The van der Waals surface area contributed by atoms with Crippen LogP contribution in [0.15, 0.2) is 72.8 Å². The van der Waals surface area contributed by atoms with Gasteiger partial charge in [0.2, 0.25) is 0 Å². The zero-order valence-corrected chi connectivity index (χ0v) is 13.7. The Bertz CT molecular complexity index is 937. The highest BCUT2D eigenvalue weighted by molar-refractivity contribution is 5.95. The highest BCUT2D eigenvalue weighted by Gasteiger charge is 2.31. The number of hydrogen-bond donors (Lipinski definition) is 1. The Balaban J connectivity index is 1.92. The average molecular weight is 331 g/mol. The van der Waals surface area contributed by atoms with Crippen molar-refractivity contribution < 1.29 is 14.6 Å². The summed E-state index contributed by atoms with van der Waals surface area (Å²) < 4.78 is 5.96. The molecule has 25 heavy (non-hydrogen) atoms. The number of ether oxygens (including phenoxy) is 1. The van der Waals surface area contributed by atoms with Crippen LogP contribution in [0.4, 0.5) is 11.4 Å². The SMILES string of the molecule is CC(c1ccccc1)N1c2ccccc2Oc2c(C(=O)O)cccc21. The molecule has 4 rings (SSSR count). The van der Waals surface area contributed by atoms with E-state index in [4.69, 9.17) is 4.74 Å². The van der Waals surface area contributed by atoms with Crippen LogP contribution in [0.2, 0.25) is 0 Å². The molecule has 0 aliphatic carbocycles. The van der Waals surface area contributed by atoms with Gasteiger partial charge in [-0.3, -0.25) is 0 Å². The Hall–Kier alpha value is -3.27. The zero-order chi connectivity index (χ0) is 17.4. The number of fused-ring (bicyclic) bond motifs is 2. The van der Waals surface area contributed by atoms with E-state index < -0.39 is 5.97 Å². The summed E-state index contributed by atoms with van der Waals surface area (Å²) in [5.74, 6) is 0.0477. The maximum atomic E-state index is 11.6. The summed E-state index contributed by atoms with van der Waals surface area (Å²) in [4.78, 5) is 13.8. The summed E-state index contributed by atoms with van der Waals surface area (Å²) in [6, 6.07) is 23.1. The molecule has 4 heteroatoms. The van der Waals surface area contributed by atoms with Gasteiger partial charge in [0.1, 0.15) is 5.56 Å². The first kappa shape index (κ1) is 15.3. The molecule has 3 aromatic rings. The molecule has 0 radical (unpaired) electrons. The van der Waals surface area contributed by atoms with Crippen LogP contribution in [-0.4, -0.2) is 11.1 Å². The van der Waals surface area contributed by atoms with E-state index in [1.165, 1.54) is 0 Å². The molecule has 0 aromatic heterocycles. The number of rotatable bonds is 3. The summed E-state index contributed by atoms with van der Waals surface area (Å²) in [7, 11) is 0. The third kappa shape index (κ3) is 2.52. The van der Waals surface area contributed by atoms with Gasteiger partial charge in [-0.2, -0.15) is 0 Å². The first-order valence-electron chi connectivity index (χ1n) is 8.14. The second-order valence-corrected chi connectivity index (χ2v) is 5.99. The number of aromatic carboxylic acids is 1. The molecule has 1 atom stereocenters. The van der Waals surface area contributed by atoms with Crippen molar-refractivity contribution in [2.75, 3.05) is 4.90 Å². The van der Waals surface area contributed by atoms with Gasteiger partial charge in [0.25, 0.3) is 0 Å². The van der Waals surface area contributed by atoms with Gasteiger partial charge >= 0.3 is 5.97 Å². The molecule has 0 fully saturated rings. The van der Waals surface area contributed by atoms with Crippen molar-refractivity contribution >= 4 is 17.3 Å². The topological polar surface area (TPSA) is 49.8 Å². The van der Waals surface area contributed by atoms with Crippen molar-refractivity contribution in [3.8, 4) is 11.5 Å². The summed E-state index contributed by atoms with van der Waals surface area (Å²) in [6.45, 7) is 2.11. The quantitative estimate of drug-likeness (QED) is 0.699. The van der Waals surface area contributed by atoms with Crippen molar-refractivity contribution in [2.24, 2.45) is 0 Å². The number of hydrogen-bond acceptors (Lipinski definition) is 3. The second kappa shape index (κ2) is 5.98. The molecule has 1 unspecified atom stereocenters. The predicted octanol–water partition coefficient (Wildman–Crippen LogP) is 5.39. The second-order valence-electron chi connectivity index (χ2n) is 5.99. The van der Waals surface area contributed by atoms with E-state index in [9.17, 15) is 9.90 Å². The van der Waals surface area contributed by atoms with Crippen molar-refractivity contribution in [1.29, 1.82) is 0 Å². The maximum absolute atomic E-state index is 11.6. The van der Waals surface area contributed by atoms with Crippen LogP contribution < -0.4 is 9.64 Å².